The van der Waals surface area contributed by atoms with Gasteiger partial charge in [-0.25, -0.2) is 4.79 Å². The predicted molar refractivity (Wildman–Crippen MR) is 110 cm³/mol. The lowest BCUT2D eigenvalue weighted by Crippen LogP contribution is -2.46. The summed E-state index contributed by atoms with van der Waals surface area (Å²) in [6, 6.07) is 8.79. The molecule has 0 spiro atoms. The van der Waals surface area contributed by atoms with Gasteiger partial charge in [0.25, 0.3) is 6.54 Å². The number of amides is 1. The van der Waals surface area contributed by atoms with Crippen LogP contribution >= 0.6 is 0 Å². The molecule has 1 amide bonds. The highest BCUT2D eigenvalue weighted by molar-refractivity contribution is 5.88. The second-order valence-corrected chi connectivity index (χ2v) is 7.99. The molecule has 0 aliphatic rings. The van der Waals surface area contributed by atoms with Crippen LogP contribution in [0.25, 0.3) is 0 Å². The quantitative estimate of drug-likeness (QED) is 0.265. The normalized spacial score (nSPS) is 14.0. The van der Waals surface area contributed by atoms with Gasteiger partial charge in [0.05, 0.1) is 6.54 Å². The lowest BCUT2D eigenvalue weighted by molar-refractivity contribution is -0.463. The van der Waals surface area contributed by atoms with Crippen molar-refractivity contribution in [2.45, 2.75) is 52.2 Å². The Hall–Kier alpha value is -2.97. The van der Waals surface area contributed by atoms with Gasteiger partial charge in [0.2, 0.25) is 0 Å². The van der Waals surface area contributed by atoms with Crippen molar-refractivity contribution >= 4 is 17.7 Å². The topological polar surface area (TPSA) is 137 Å². The number of aliphatic imine (C=N–C) groups is 1. The number of carbonyl (C=O) groups excluding carboxylic acids is 2. The van der Waals surface area contributed by atoms with E-state index >= 15 is 0 Å². The molecule has 0 aromatic heterocycles. The number of Topliss-reactive ketones (excluding diaryl/α,β-unsaturated/α-hetero) is 1. The van der Waals surface area contributed by atoms with Crippen LogP contribution in [-0.2, 0) is 16.0 Å². The summed E-state index contributed by atoms with van der Waals surface area (Å²) in [5, 5.41) is 13.0. The molecule has 0 aliphatic carbocycles. The van der Waals surface area contributed by atoms with Crippen LogP contribution in [0.5, 0.6) is 0 Å². The van der Waals surface area contributed by atoms with Gasteiger partial charge < -0.3 is 15.8 Å². The average Bonchev–Trinajstić information content (AvgIpc) is 2.57. The molecule has 0 saturated heterocycles. The Kier molecular flexibility index (Phi) is 9.24. The first-order chi connectivity index (χ1) is 13.5. The maximum Gasteiger partial charge on any atom is 0.408 e. The van der Waals surface area contributed by atoms with E-state index in [1.54, 1.807) is 20.8 Å². The summed E-state index contributed by atoms with van der Waals surface area (Å²) in [7, 11) is 0. The third kappa shape index (κ3) is 10.8. The minimum Gasteiger partial charge on any atom is -0.444 e. The molecule has 1 aromatic rings. The Morgan fingerprint density at radius 3 is 2.45 bits per heavy atom. The molecule has 2 atom stereocenters. The Balaban J connectivity index is 2.80. The number of nitrogens with two attached hydrogens (primary N) is 1. The summed E-state index contributed by atoms with van der Waals surface area (Å²) in [6.45, 7) is 6.25. The van der Waals surface area contributed by atoms with E-state index in [2.05, 4.69) is 10.3 Å². The van der Waals surface area contributed by atoms with E-state index in [9.17, 15) is 19.7 Å². The van der Waals surface area contributed by atoms with Crippen LogP contribution in [-0.4, -0.2) is 47.4 Å². The molecule has 1 rings (SSSR count). The first kappa shape index (κ1) is 24.1. The fraction of sp³-hybridized carbons (Fsp3) is 0.550. The second kappa shape index (κ2) is 11.1. The van der Waals surface area contributed by atoms with Crippen LogP contribution in [0.3, 0.4) is 0 Å². The number of nitrogens with one attached hydrogen (secondary N) is 1. The Morgan fingerprint density at radius 2 is 1.90 bits per heavy atom. The number of ether oxygens (including phenoxy) is 1. The largest absolute Gasteiger partial charge is 0.444 e. The van der Waals surface area contributed by atoms with Gasteiger partial charge in [-0.15, -0.1) is 0 Å². The Bertz CT molecular complexity index is 728. The van der Waals surface area contributed by atoms with Crippen molar-refractivity contribution < 1.29 is 19.2 Å². The van der Waals surface area contributed by atoms with Crippen molar-refractivity contribution in [1.82, 2.24) is 5.32 Å². The number of benzene rings is 1. The maximum atomic E-state index is 12.8. The zero-order valence-corrected chi connectivity index (χ0v) is 17.4. The Morgan fingerprint density at radius 1 is 1.28 bits per heavy atom. The molecule has 0 fully saturated rings. The Labute approximate surface area is 170 Å². The number of hydrogen-bond acceptors (Lipinski definition) is 6. The highest BCUT2D eigenvalue weighted by Gasteiger charge is 2.25. The van der Waals surface area contributed by atoms with E-state index in [1.807, 2.05) is 37.3 Å². The molecular formula is C20H30N4O5. The minimum absolute atomic E-state index is 0.0351. The summed E-state index contributed by atoms with van der Waals surface area (Å²) in [4.78, 5) is 38.7. The van der Waals surface area contributed by atoms with E-state index in [1.165, 1.54) is 0 Å². The lowest BCUT2D eigenvalue weighted by atomic mass is 9.94. The zero-order valence-electron chi connectivity index (χ0n) is 17.4. The first-order valence-electron chi connectivity index (χ1n) is 9.43. The van der Waals surface area contributed by atoms with Crippen LogP contribution in [0.2, 0.25) is 0 Å². The summed E-state index contributed by atoms with van der Waals surface area (Å²) >= 11 is 0. The van der Waals surface area contributed by atoms with Crippen molar-refractivity contribution in [3.63, 3.8) is 0 Å². The van der Waals surface area contributed by atoms with E-state index < -0.39 is 29.2 Å². The third-order valence-electron chi connectivity index (χ3n) is 3.82. The summed E-state index contributed by atoms with van der Waals surface area (Å²) < 4.78 is 5.20. The van der Waals surface area contributed by atoms with Crippen LogP contribution in [0.4, 0.5) is 4.79 Å². The minimum atomic E-state index is -0.978. The average molecular weight is 406 g/mol. The number of alkyl carbamates (subject to hydrolysis) is 1. The van der Waals surface area contributed by atoms with E-state index in [-0.39, 0.29) is 30.5 Å². The lowest BCUT2D eigenvalue weighted by Gasteiger charge is -2.23. The molecule has 3 N–H and O–H groups in total. The SMILES string of the molecule is CC(CC(=O)C(CN=C(N)C[N+](=O)[O-])NC(=O)OC(C)(C)C)Cc1ccccc1. The van der Waals surface area contributed by atoms with Crippen molar-refractivity contribution in [2.24, 2.45) is 16.6 Å². The number of nitro groups is 1. The van der Waals surface area contributed by atoms with Crippen molar-refractivity contribution in [2.75, 3.05) is 13.1 Å². The van der Waals surface area contributed by atoms with Gasteiger partial charge in [0.15, 0.2) is 11.6 Å². The molecule has 9 nitrogen and oxygen atoms in total. The zero-order chi connectivity index (χ0) is 22.0. The molecule has 29 heavy (non-hydrogen) atoms. The predicted octanol–water partition coefficient (Wildman–Crippen LogP) is 2.35. The van der Waals surface area contributed by atoms with Gasteiger partial charge in [-0.1, -0.05) is 37.3 Å². The number of rotatable bonds is 10. The van der Waals surface area contributed by atoms with Gasteiger partial charge in [-0.3, -0.25) is 19.9 Å². The van der Waals surface area contributed by atoms with Crippen LogP contribution < -0.4 is 11.1 Å². The molecular weight excluding hydrogens is 376 g/mol. The molecule has 0 saturated carbocycles. The molecule has 0 bridgehead atoms. The van der Waals surface area contributed by atoms with Gasteiger partial charge >= 0.3 is 6.09 Å². The van der Waals surface area contributed by atoms with Gasteiger partial charge in [-0.05, 0) is 38.7 Å². The highest BCUT2D eigenvalue weighted by atomic mass is 16.6. The number of hydrogen-bond donors (Lipinski definition) is 2. The number of carbonyl (C=O) groups is 2. The van der Waals surface area contributed by atoms with Gasteiger partial charge in [-0.2, -0.15) is 0 Å². The summed E-state index contributed by atoms with van der Waals surface area (Å²) in [5.41, 5.74) is 5.89. The van der Waals surface area contributed by atoms with Crippen LogP contribution in [0.15, 0.2) is 35.3 Å². The van der Waals surface area contributed by atoms with Gasteiger partial charge in [0.1, 0.15) is 11.6 Å². The molecule has 0 aliphatic heterocycles. The monoisotopic (exact) mass is 406 g/mol. The van der Waals surface area contributed by atoms with Crippen molar-refractivity contribution in [3.05, 3.63) is 46.0 Å². The fourth-order valence-electron chi connectivity index (χ4n) is 2.64. The van der Waals surface area contributed by atoms with E-state index in [0.29, 0.717) is 6.42 Å². The van der Waals surface area contributed by atoms with E-state index in [4.69, 9.17) is 10.5 Å². The standard InChI is InChI=1S/C20H30N4O5/c1-14(10-15-8-6-5-7-9-15)11-17(25)16(12-22-18(21)13-24(27)28)23-19(26)29-20(2,3)4/h5-9,14,16H,10-13H2,1-4H3,(H2,21,22)(H,23,26). The molecule has 0 heterocycles. The van der Waals surface area contributed by atoms with Crippen molar-refractivity contribution in [3.8, 4) is 0 Å². The molecule has 2 unspecified atom stereocenters. The second-order valence-electron chi connectivity index (χ2n) is 7.99. The number of amidine groups is 1. The molecule has 9 heteroatoms. The van der Waals surface area contributed by atoms with Gasteiger partial charge in [0, 0.05) is 11.3 Å². The first-order valence-corrected chi connectivity index (χ1v) is 9.43. The molecule has 0 radical (unpaired) electrons. The summed E-state index contributed by atoms with van der Waals surface area (Å²) in [5.74, 6) is -0.416. The fourth-order valence-corrected chi connectivity index (χ4v) is 2.64. The number of ketones is 1. The van der Waals surface area contributed by atoms with E-state index in [0.717, 1.165) is 5.56 Å². The summed E-state index contributed by atoms with van der Waals surface area (Å²) in [6.07, 6.45) is 0.160. The molecule has 160 valence electrons. The third-order valence-corrected chi connectivity index (χ3v) is 3.82. The van der Waals surface area contributed by atoms with Crippen LogP contribution in [0, 0.1) is 16.0 Å². The number of nitrogens with zero attached hydrogens (tertiary/aromatic N) is 2. The van der Waals surface area contributed by atoms with Crippen molar-refractivity contribution in [1.29, 1.82) is 0 Å². The van der Waals surface area contributed by atoms with Crippen LogP contribution in [0.1, 0.15) is 39.7 Å². The molecule has 1 aromatic carbocycles. The highest BCUT2D eigenvalue weighted by Crippen LogP contribution is 2.14. The smallest absolute Gasteiger partial charge is 0.408 e. The maximum absolute atomic E-state index is 12.8.